The zero-order valence-electron chi connectivity index (χ0n) is 20.3. The minimum atomic E-state index is -0.570. The van der Waals surface area contributed by atoms with Crippen LogP contribution >= 0.6 is 0 Å². The maximum Gasteiger partial charge on any atom is 0.415 e. The van der Waals surface area contributed by atoms with Gasteiger partial charge >= 0.3 is 6.09 Å². The second-order valence-electron chi connectivity index (χ2n) is 8.35. The highest BCUT2D eigenvalue weighted by molar-refractivity contribution is 5.73. The number of rotatable bonds is 5. The first kappa shape index (κ1) is 24.0. The fourth-order valence-corrected chi connectivity index (χ4v) is 4.43. The monoisotopic (exact) mass is 503 g/mol. The molecule has 1 amide bonds. The minimum absolute atomic E-state index is 0.0202. The highest BCUT2D eigenvalue weighted by Crippen LogP contribution is 2.46. The molecule has 0 bridgehead atoms. The van der Waals surface area contributed by atoms with E-state index in [-0.39, 0.29) is 17.3 Å². The van der Waals surface area contributed by atoms with Crippen molar-refractivity contribution in [2.24, 2.45) is 5.73 Å². The molecule has 3 aromatic rings. The summed E-state index contributed by atoms with van der Waals surface area (Å²) in [6.45, 7) is 1.93. The van der Waals surface area contributed by atoms with Gasteiger partial charge in [-0.1, -0.05) is 12.1 Å². The van der Waals surface area contributed by atoms with E-state index in [2.05, 4.69) is 16.3 Å². The molecule has 2 aromatic carbocycles. The van der Waals surface area contributed by atoms with Crippen molar-refractivity contribution in [1.82, 2.24) is 15.1 Å². The number of aromatic amines is 1. The molecule has 0 spiro atoms. The summed E-state index contributed by atoms with van der Waals surface area (Å²) in [4.78, 5) is 14.1. The molecule has 0 unspecified atom stereocenters. The molecule has 11 nitrogen and oxygen atoms in total. The first-order valence-electron chi connectivity index (χ1n) is 11.6. The number of H-pyrrole nitrogens is 1. The van der Waals surface area contributed by atoms with Gasteiger partial charge < -0.3 is 34.3 Å². The number of allylic oxidation sites excluding steroid dienone is 1. The summed E-state index contributed by atoms with van der Waals surface area (Å²) in [7, 11) is 3.12. The van der Waals surface area contributed by atoms with Crippen molar-refractivity contribution in [2.75, 3.05) is 40.5 Å². The zero-order valence-corrected chi connectivity index (χ0v) is 20.3. The Morgan fingerprint density at radius 3 is 2.54 bits per heavy atom. The fraction of sp³-hybridized carbons (Fsp3) is 0.269. The van der Waals surface area contributed by atoms with Crippen LogP contribution in [0.15, 0.2) is 53.9 Å². The summed E-state index contributed by atoms with van der Waals surface area (Å²) >= 11 is 0. The summed E-state index contributed by atoms with van der Waals surface area (Å²) in [5.41, 5.74) is 9.14. The molecule has 1 atom stereocenters. The van der Waals surface area contributed by atoms with Gasteiger partial charge in [0.25, 0.3) is 0 Å². The Kier molecular flexibility index (Phi) is 6.57. The summed E-state index contributed by atoms with van der Waals surface area (Å²) in [6.07, 6.45) is -0.433. The zero-order chi connectivity index (χ0) is 25.9. The van der Waals surface area contributed by atoms with Gasteiger partial charge in [-0.15, -0.1) is 5.10 Å². The maximum atomic E-state index is 12.5. The molecule has 5 rings (SSSR count). The highest BCUT2D eigenvalue weighted by atomic mass is 16.6. The smallest absolute Gasteiger partial charge is 0.415 e. The van der Waals surface area contributed by atoms with Crippen LogP contribution in [0.4, 0.5) is 4.79 Å². The Balaban J connectivity index is 1.50. The van der Waals surface area contributed by atoms with Gasteiger partial charge in [-0.3, -0.25) is 5.10 Å². The van der Waals surface area contributed by atoms with Crippen LogP contribution in [0, 0.1) is 11.3 Å². The molecule has 0 saturated carbocycles. The van der Waals surface area contributed by atoms with Crippen molar-refractivity contribution in [2.45, 2.75) is 5.92 Å². The molecule has 1 fully saturated rings. The third-order valence-corrected chi connectivity index (χ3v) is 6.30. The van der Waals surface area contributed by atoms with Crippen molar-refractivity contribution in [3.63, 3.8) is 0 Å². The van der Waals surface area contributed by atoms with Crippen molar-refractivity contribution < 1.29 is 28.5 Å². The number of benzene rings is 2. The molecule has 2 aliphatic heterocycles. The Morgan fingerprint density at radius 1 is 1.14 bits per heavy atom. The SMILES string of the molecule is COc1ccc(-c2[nH]nc3c2[C@@H](c2ccc(OC(=O)N4CCOCC4)cc2)C(C#N)=C(N)O3)cc1OC. The normalized spacial score (nSPS) is 16.9. The maximum absolute atomic E-state index is 12.5. The predicted octanol–water partition coefficient (Wildman–Crippen LogP) is 3.14. The number of nitrogens with one attached hydrogen (secondary N) is 1. The van der Waals surface area contributed by atoms with E-state index < -0.39 is 12.0 Å². The first-order chi connectivity index (χ1) is 18.0. The average molecular weight is 504 g/mol. The highest BCUT2D eigenvalue weighted by Gasteiger charge is 2.36. The molecule has 0 aliphatic carbocycles. The van der Waals surface area contributed by atoms with Crippen LogP contribution in [0.25, 0.3) is 11.3 Å². The van der Waals surface area contributed by atoms with Gasteiger partial charge in [-0.05, 0) is 35.9 Å². The molecule has 3 heterocycles. The summed E-state index contributed by atoms with van der Waals surface area (Å²) in [5.74, 6) is 1.19. The van der Waals surface area contributed by atoms with E-state index in [9.17, 15) is 10.1 Å². The Bertz CT molecular complexity index is 1390. The van der Waals surface area contributed by atoms with E-state index in [0.29, 0.717) is 54.8 Å². The summed E-state index contributed by atoms with van der Waals surface area (Å²) < 4.78 is 27.3. The number of carbonyl (C=O) groups is 1. The second-order valence-corrected chi connectivity index (χ2v) is 8.35. The molecular formula is C26H25N5O6. The van der Waals surface area contributed by atoms with Crippen LogP contribution in [-0.2, 0) is 4.74 Å². The van der Waals surface area contributed by atoms with Gasteiger partial charge in [0.2, 0.25) is 11.8 Å². The molecule has 2 aliphatic rings. The molecule has 0 radical (unpaired) electrons. The van der Waals surface area contributed by atoms with Gasteiger partial charge in [0.05, 0.1) is 44.6 Å². The molecule has 1 saturated heterocycles. The average Bonchev–Trinajstić information content (AvgIpc) is 3.36. The lowest BCUT2D eigenvalue weighted by atomic mass is 9.83. The van der Waals surface area contributed by atoms with Crippen molar-refractivity contribution in [1.29, 1.82) is 5.26 Å². The molecule has 190 valence electrons. The number of nitrogens with two attached hydrogens (primary N) is 1. The lowest BCUT2D eigenvalue weighted by Gasteiger charge is -2.26. The first-order valence-corrected chi connectivity index (χ1v) is 11.6. The molecule has 37 heavy (non-hydrogen) atoms. The van der Waals surface area contributed by atoms with Gasteiger partial charge in [-0.2, -0.15) is 5.26 Å². The number of hydrogen-bond acceptors (Lipinski definition) is 9. The predicted molar refractivity (Wildman–Crippen MR) is 131 cm³/mol. The number of amides is 1. The Hall–Kier alpha value is -4.69. The number of methoxy groups -OCH3 is 2. The largest absolute Gasteiger partial charge is 0.493 e. The van der Waals surface area contributed by atoms with Crippen LogP contribution in [0.3, 0.4) is 0 Å². The number of morpholine rings is 1. The van der Waals surface area contributed by atoms with Crippen LogP contribution in [0.5, 0.6) is 23.1 Å². The number of carbonyl (C=O) groups excluding carboxylic acids is 1. The third kappa shape index (κ3) is 4.50. The fourth-order valence-electron chi connectivity index (χ4n) is 4.43. The lowest BCUT2D eigenvalue weighted by molar-refractivity contribution is 0.0416. The van der Waals surface area contributed by atoms with Crippen molar-refractivity contribution >= 4 is 6.09 Å². The Morgan fingerprint density at radius 2 is 1.86 bits per heavy atom. The van der Waals surface area contributed by atoms with Gasteiger partial charge in [0, 0.05) is 18.7 Å². The number of hydrogen-bond donors (Lipinski definition) is 2. The number of aromatic nitrogens is 2. The van der Waals surface area contributed by atoms with E-state index in [1.54, 1.807) is 49.5 Å². The van der Waals surface area contributed by atoms with Gasteiger partial charge in [0.1, 0.15) is 17.4 Å². The second kappa shape index (κ2) is 10.1. The van der Waals surface area contributed by atoms with E-state index in [1.165, 1.54) is 0 Å². The molecule has 11 heteroatoms. The van der Waals surface area contributed by atoms with Crippen LogP contribution < -0.4 is 24.7 Å². The molecule has 1 aromatic heterocycles. The van der Waals surface area contributed by atoms with E-state index in [4.69, 9.17) is 29.4 Å². The van der Waals surface area contributed by atoms with E-state index >= 15 is 0 Å². The Labute approximate surface area is 212 Å². The topological polar surface area (TPSA) is 145 Å². The van der Waals surface area contributed by atoms with E-state index in [0.717, 1.165) is 11.1 Å². The summed E-state index contributed by atoms with van der Waals surface area (Å²) in [5, 5.41) is 17.3. The third-order valence-electron chi connectivity index (χ3n) is 6.30. The van der Waals surface area contributed by atoms with E-state index in [1.807, 2.05) is 12.1 Å². The molecule has 3 N–H and O–H groups in total. The number of ether oxygens (including phenoxy) is 5. The number of nitriles is 1. The van der Waals surface area contributed by atoms with Crippen LogP contribution in [0.2, 0.25) is 0 Å². The standard InChI is InChI=1S/C26H25N5O6/c1-33-19-8-5-16(13-20(19)34-2)23-22-21(18(14-27)24(28)37-25(22)30-29-23)15-3-6-17(7-4-15)36-26(32)31-9-11-35-12-10-31/h3-8,13,21H,9-12,28H2,1-2H3,(H,29,30)/t21-/m0/s1. The van der Waals surface area contributed by atoms with Crippen molar-refractivity contribution in [3.8, 4) is 40.5 Å². The molecular weight excluding hydrogens is 478 g/mol. The summed E-state index contributed by atoms with van der Waals surface area (Å²) in [6, 6.07) is 14.6. The minimum Gasteiger partial charge on any atom is -0.493 e. The number of fused-ring (bicyclic) bond motifs is 1. The van der Waals surface area contributed by atoms with Crippen molar-refractivity contribution in [3.05, 3.63) is 65.0 Å². The van der Waals surface area contributed by atoms with Gasteiger partial charge in [-0.25, -0.2) is 4.79 Å². The van der Waals surface area contributed by atoms with Crippen LogP contribution in [-0.4, -0.2) is 61.7 Å². The lowest BCUT2D eigenvalue weighted by Crippen LogP contribution is -2.42. The van der Waals surface area contributed by atoms with Gasteiger partial charge in [0.15, 0.2) is 11.5 Å². The quantitative estimate of drug-likeness (QED) is 0.536. The number of nitrogens with zero attached hydrogens (tertiary/aromatic N) is 3. The van der Waals surface area contributed by atoms with Crippen LogP contribution in [0.1, 0.15) is 17.0 Å².